The zero-order chi connectivity index (χ0) is 22.2. The highest BCUT2D eigenvalue weighted by molar-refractivity contribution is 6.04. The molecule has 166 valence electrons. The van der Waals surface area contributed by atoms with Crippen molar-refractivity contribution in [3.8, 4) is 5.75 Å². The number of amides is 3. The fourth-order valence-corrected chi connectivity index (χ4v) is 3.83. The van der Waals surface area contributed by atoms with Gasteiger partial charge in [0.15, 0.2) is 0 Å². The molecule has 7 nitrogen and oxygen atoms in total. The van der Waals surface area contributed by atoms with E-state index in [9.17, 15) is 9.59 Å². The first kappa shape index (κ1) is 22.5. The van der Waals surface area contributed by atoms with Crippen LogP contribution in [0.5, 0.6) is 5.75 Å². The summed E-state index contributed by atoms with van der Waals surface area (Å²) in [6.07, 6.45) is 5.56. The molecule has 1 aliphatic rings. The minimum atomic E-state index is -0.400. The first-order valence-electron chi connectivity index (χ1n) is 10.9. The Labute approximate surface area is 184 Å². The molecule has 2 aromatic carbocycles. The van der Waals surface area contributed by atoms with Gasteiger partial charge >= 0.3 is 6.03 Å². The molecule has 0 spiro atoms. The van der Waals surface area contributed by atoms with Crippen molar-refractivity contribution < 1.29 is 14.3 Å². The Bertz CT molecular complexity index is 907. The third kappa shape index (κ3) is 6.13. The van der Waals surface area contributed by atoms with E-state index >= 15 is 0 Å². The fraction of sp³-hybridized carbons (Fsp3) is 0.417. The van der Waals surface area contributed by atoms with Crippen LogP contribution in [-0.2, 0) is 0 Å². The molecular weight excluding hydrogens is 392 g/mol. The van der Waals surface area contributed by atoms with Gasteiger partial charge in [-0.3, -0.25) is 4.79 Å². The largest absolute Gasteiger partial charge is 0.492 e. The van der Waals surface area contributed by atoms with Crippen molar-refractivity contribution in [2.75, 3.05) is 36.2 Å². The number of benzene rings is 2. The Morgan fingerprint density at radius 3 is 2.48 bits per heavy atom. The van der Waals surface area contributed by atoms with Crippen molar-refractivity contribution in [1.82, 2.24) is 5.32 Å². The van der Waals surface area contributed by atoms with Gasteiger partial charge in [-0.1, -0.05) is 31.4 Å². The molecule has 0 bridgehead atoms. The topological polar surface area (TPSA) is 82.7 Å². The van der Waals surface area contributed by atoms with Crippen LogP contribution in [0.1, 0.15) is 49.4 Å². The van der Waals surface area contributed by atoms with E-state index in [1.807, 2.05) is 44.1 Å². The molecule has 3 N–H and O–H groups in total. The van der Waals surface area contributed by atoms with Gasteiger partial charge in [0.1, 0.15) is 5.75 Å². The average Bonchev–Trinajstić information content (AvgIpc) is 2.75. The lowest BCUT2D eigenvalue weighted by Gasteiger charge is -2.24. The number of anilines is 3. The Morgan fingerprint density at radius 2 is 1.77 bits per heavy atom. The summed E-state index contributed by atoms with van der Waals surface area (Å²) in [4.78, 5) is 27.5. The molecule has 1 fully saturated rings. The van der Waals surface area contributed by atoms with Gasteiger partial charge in [-0.2, -0.15) is 0 Å². The minimum Gasteiger partial charge on any atom is -0.492 e. The van der Waals surface area contributed by atoms with Crippen LogP contribution in [0.4, 0.5) is 21.9 Å². The first-order chi connectivity index (χ1) is 15.0. The second kappa shape index (κ2) is 10.7. The molecule has 2 aromatic rings. The van der Waals surface area contributed by atoms with Gasteiger partial charge in [0.05, 0.1) is 17.9 Å². The van der Waals surface area contributed by atoms with E-state index in [1.165, 1.54) is 6.42 Å². The van der Waals surface area contributed by atoms with Gasteiger partial charge in [0, 0.05) is 31.5 Å². The van der Waals surface area contributed by atoms with Crippen molar-refractivity contribution in [3.05, 3.63) is 48.0 Å². The van der Waals surface area contributed by atoms with Crippen molar-refractivity contribution in [2.45, 2.75) is 45.1 Å². The van der Waals surface area contributed by atoms with Crippen LogP contribution in [0.3, 0.4) is 0 Å². The summed E-state index contributed by atoms with van der Waals surface area (Å²) in [6.45, 7) is 2.40. The molecule has 0 aliphatic heterocycles. The lowest BCUT2D eigenvalue weighted by molar-refractivity contribution is 0.0928. The highest BCUT2D eigenvalue weighted by Crippen LogP contribution is 2.26. The van der Waals surface area contributed by atoms with Crippen molar-refractivity contribution in [1.29, 1.82) is 0 Å². The second-order valence-corrected chi connectivity index (χ2v) is 7.94. The number of para-hydroxylation sites is 2. The third-order valence-corrected chi connectivity index (χ3v) is 5.36. The highest BCUT2D eigenvalue weighted by atomic mass is 16.5. The van der Waals surface area contributed by atoms with E-state index in [4.69, 9.17) is 4.74 Å². The minimum absolute atomic E-state index is 0.110. The first-order valence-corrected chi connectivity index (χ1v) is 10.9. The summed E-state index contributed by atoms with van der Waals surface area (Å²) in [6, 6.07) is 12.4. The predicted octanol–water partition coefficient (Wildman–Crippen LogP) is 4.86. The number of urea groups is 1. The molecule has 1 saturated carbocycles. The summed E-state index contributed by atoms with van der Waals surface area (Å²) >= 11 is 0. The molecule has 0 unspecified atom stereocenters. The molecule has 1 aliphatic carbocycles. The monoisotopic (exact) mass is 424 g/mol. The van der Waals surface area contributed by atoms with Crippen molar-refractivity contribution in [3.63, 3.8) is 0 Å². The molecule has 3 rings (SSSR count). The number of hydrogen-bond donors (Lipinski definition) is 3. The van der Waals surface area contributed by atoms with Gasteiger partial charge < -0.3 is 25.6 Å². The standard InChI is InChI=1S/C24H32N4O3/c1-4-31-22-13-9-8-12-20(22)27-24(30)26-18-14-15-21(28(2)3)19(16-18)23(29)25-17-10-6-5-7-11-17/h8-9,12-17H,4-7,10-11H2,1-3H3,(H,25,29)(H2,26,27,30). The zero-order valence-corrected chi connectivity index (χ0v) is 18.5. The van der Waals surface area contributed by atoms with Gasteiger partial charge in [-0.25, -0.2) is 4.79 Å². The quantitative estimate of drug-likeness (QED) is 0.593. The molecular formula is C24H32N4O3. The maximum Gasteiger partial charge on any atom is 0.323 e. The Balaban J connectivity index is 1.73. The molecule has 0 radical (unpaired) electrons. The Kier molecular flexibility index (Phi) is 7.76. The van der Waals surface area contributed by atoms with E-state index in [0.717, 1.165) is 31.4 Å². The van der Waals surface area contributed by atoms with E-state index in [-0.39, 0.29) is 11.9 Å². The van der Waals surface area contributed by atoms with E-state index < -0.39 is 6.03 Å². The lowest BCUT2D eigenvalue weighted by Crippen LogP contribution is -2.36. The second-order valence-electron chi connectivity index (χ2n) is 7.94. The van der Waals surface area contributed by atoms with Gasteiger partial charge in [0.25, 0.3) is 5.91 Å². The van der Waals surface area contributed by atoms with Crippen LogP contribution in [0, 0.1) is 0 Å². The van der Waals surface area contributed by atoms with Crippen LogP contribution in [0.2, 0.25) is 0 Å². The summed E-state index contributed by atoms with van der Waals surface area (Å²) in [5.41, 5.74) is 2.48. The number of nitrogens with zero attached hydrogens (tertiary/aromatic N) is 1. The van der Waals surface area contributed by atoms with Gasteiger partial charge in [0.2, 0.25) is 0 Å². The van der Waals surface area contributed by atoms with Crippen molar-refractivity contribution >= 4 is 29.0 Å². The molecule has 31 heavy (non-hydrogen) atoms. The molecule has 3 amide bonds. The molecule has 0 heterocycles. The lowest BCUT2D eigenvalue weighted by atomic mass is 9.95. The van der Waals surface area contributed by atoms with Crippen molar-refractivity contribution in [2.24, 2.45) is 0 Å². The van der Waals surface area contributed by atoms with Crippen LogP contribution >= 0.6 is 0 Å². The maximum atomic E-state index is 13.0. The number of carbonyl (C=O) groups excluding carboxylic acids is 2. The Hall–Kier alpha value is -3.22. The fourth-order valence-electron chi connectivity index (χ4n) is 3.83. The summed E-state index contributed by atoms with van der Waals surface area (Å²) in [7, 11) is 3.80. The van der Waals surface area contributed by atoms with Crippen LogP contribution < -0.4 is 25.6 Å². The Morgan fingerprint density at radius 1 is 1.03 bits per heavy atom. The van der Waals surface area contributed by atoms with Crippen LogP contribution in [-0.4, -0.2) is 38.7 Å². The number of hydrogen-bond acceptors (Lipinski definition) is 4. The predicted molar refractivity (Wildman–Crippen MR) is 125 cm³/mol. The summed E-state index contributed by atoms with van der Waals surface area (Å²) < 4.78 is 5.55. The average molecular weight is 425 g/mol. The third-order valence-electron chi connectivity index (χ3n) is 5.36. The number of ether oxygens (including phenoxy) is 1. The molecule has 0 aromatic heterocycles. The molecule has 0 saturated heterocycles. The highest BCUT2D eigenvalue weighted by Gasteiger charge is 2.20. The van der Waals surface area contributed by atoms with E-state index in [2.05, 4.69) is 16.0 Å². The van der Waals surface area contributed by atoms with Crippen LogP contribution in [0.25, 0.3) is 0 Å². The number of carbonyl (C=O) groups is 2. The normalized spacial score (nSPS) is 13.9. The van der Waals surface area contributed by atoms with E-state index in [0.29, 0.717) is 29.3 Å². The van der Waals surface area contributed by atoms with Gasteiger partial charge in [-0.15, -0.1) is 0 Å². The summed E-state index contributed by atoms with van der Waals surface area (Å²) in [5, 5.41) is 8.79. The van der Waals surface area contributed by atoms with Crippen LogP contribution in [0.15, 0.2) is 42.5 Å². The number of rotatable bonds is 7. The maximum absolute atomic E-state index is 13.0. The molecule has 0 atom stereocenters. The smallest absolute Gasteiger partial charge is 0.323 e. The summed E-state index contributed by atoms with van der Waals surface area (Å²) in [5.74, 6) is 0.497. The molecule has 7 heteroatoms. The SMILES string of the molecule is CCOc1ccccc1NC(=O)Nc1ccc(N(C)C)c(C(=O)NC2CCCCC2)c1. The number of nitrogens with one attached hydrogen (secondary N) is 3. The van der Waals surface area contributed by atoms with Gasteiger partial charge in [-0.05, 0) is 50.1 Å². The van der Waals surface area contributed by atoms with E-state index in [1.54, 1.807) is 24.3 Å². The zero-order valence-electron chi connectivity index (χ0n) is 18.5.